The predicted octanol–water partition coefficient (Wildman–Crippen LogP) is 3.19. The van der Waals surface area contributed by atoms with Gasteiger partial charge in [0.1, 0.15) is 11.9 Å². The first kappa shape index (κ1) is 15.2. The number of benzene rings is 2. The number of anilines is 2. The minimum absolute atomic E-state index is 0.0587. The summed E-state index contributed by atoms with van der Waals surface area (Å²) >= 11 is 0. The van der Waals surface area contributed by atoms with Gasteiger partial charge in [0.25, 0.3) is 5.91 Å². The number of imide groups is 1. The lowest BCUT2D eigenvalue weighted by atomic mass is 10.1. The van der Waals surface area contributed by atoms with Crippen molar-refractivity contribution >= 4 is 23.2 Å². The van der Waals surface area contributed by atoms with Gasteiger partial charge in [0.05, 0.1) is 12.1 Å². The molecular formula is C18H17FN2O2. The number of rotatable bonds is 3. The third-order valence-electron chi connectivity index (χ3n) is 4.01. The van der Waals surface area contributed by atoms with E-state index in [1.807, 2.05) is 32.0 Å². The molecule has 3 rings (SSSR count). The first-order valence-corrected chi connectivity index (χ1v) is 7.42. The molecule has 1 heterocycles. The number of halogens is 1. The Morgan fingerprint density at radius 3 is 2.39 bits per heavy atom. The molecule has 1 atom stereocenters. The topological polar surface area (TPSA) is 49.4 Å². The summed E-state index contributed by atoms with van der Waals surface area (Å²) in [7, 11) is 0. The van der Waals surface area contributed by atoms with Gasteiger partial charge in [-0.1, -0.05) is 24.3 Å². The second kappa shape index (κ2) is 5.83. The van der Waals surface area contributed by atoms with Crippen molar-refractivity contribution in [3.05, 3.63) is 59.4 Å². The van der Waals surface area contributed by atoms with E-state index in [-0.39, 0.29) is 23.9 Å². The number of nitrogens with one attached hydrogen (secondary N) is 1. The average Bonchev–Trinajstić information content (AvgIpc) is 2.77. The van der Waals surface area contributed by atoms with Gasteiger partial charge < -0.3 is 5.32 Å². The van der Waals surface area contributed by atoms with Gasteiger partial charge in [-0.3, -0.25) is 9.59 Å². The minimum atomic E-state index is -0.634. The zero-order chi connectivity index (χ0) is 16.6. The average molecular weight is 312 g/mol. The molecule has 0 aliphatic carbocycles. The van der Waals surface area contributed by atoms with Gasteiger partial charge in [-0.25, -0.2) is 9.29 Å². The third kappa shape index (κ3) is 2.82. The van der Waals surface area contributed by atoms with E-state index in [4.69, 9.17) is 0 Å². The molecule has 23 heavy (non-hydrogen) atoms. The van der Waals surface area contributed by atoms with Crippen LogP contribution in [0.1, 0.15) is 17.5 Å². The molecule has 0 spiro atoms. The molecular weight excluding hydrogens is 295 g/mol. The van der Waals surface area contributed by atoms with Gasteiger partial charge in [-0.2, -0.15) is 0 Å². The van der Waals surface area contributed by atoms with Crippen LogP contribution in [0.5, 0.6) is 0 Å². The molecule has 0 bridgehead atoms. The molecule has 5 heteroatoms. The number of nitrogens with zero attached hydrogens (tertiary/aromatic N) is 1. The lowest BCUT2D eigenvalue weighted by molar-refractivity contribution is -0.121. The zero-order valence-corrected chi connectivity index (χ0v) is 13.0. The Morgan fingerprint density at radius 1 is 1.09 bits per heavy atom. The van der Waals surface area contributed by atoms with Crippen LogP contribution in [0.3, 0.4) is 0 Å². The maximum atomic E-state index is 13.4. The van der Waals surface area contributed by atoms with Crippen LogP contribution < -0.4 is 10.2 Å². The largest absolute Gasteiger partial charge is 0.373 e. The van der Waals surface area contributed by atoms with Gasteiger partial charge in [-0.15, -0.1) is 0 Å². The normalized spacial score (nSPS) is 17.7. The van der Waals surface area contributed by atoms with Crippen LogP contribution >= 0.6 is 0 Å². The zero-order valence-electron chi connectivity index (χ0n) is 13.0. The van der Waals surface area contributed by atoms with Crippen LogP contribution in [-0.2, 0) is 9.59 Å². The van der Waals surface area contributed by atoms with Crippen molar-refractivity contribution < 1.29 is 14.0 Å². The van der Waals surface area contributed by atoms with E-state index in [9.17, 15) is 14.0 Å². The molecule has 2 amide bonds. The molecule has 0 saturated carbocycles. The molecule has 0 aromatic heterocycles. The SMILES string of the molecule is Cc1cccc(C)c1N[C@@H]1CC(=O)N(c2cccc(F)c2)C1=O. The van der Waals surface area contributed by atoms with Crippen molar-refractivity contribution in [2.75, 3.05) is 10.2 Å². The summed E-state index contributed by atoms with van der Waals surface area (Å²) in [6.07, 6.45) is 0.0587. The highest BCUT2D eigenvalue weighted by atomic mass is 19.1. The van der Waals surface area contributed by atoms with E-state index in [0.29, 0.717) is 0 Å². The second-order valence-corrected chi connectivity index (χ2v) is 5.72. The van der Waals surface area contributed by atoms with Crippen molar-refractivity contribution in [3.63, 3.8) is 0 Å². The number of hydrogen-bond donors (Lipinski definition) is 1. The molecule has 1 aliphatic heterocycles. The predicted molar refractivity (Wildman–Crippen MR) is 86.8 cm³/mol. The van der Waals surface area contributed by atoms with Crippen molar-refractivity contribution in [2.45, 2.75) is 26.3 Å². The lowest BCUT2D eigenvalue weighted by Gasteiger charge is -2.18. The van der Waals surface area contributed by atoms with E-state index in [0.717, 1.165) is 21.7 Å². The van der Waals surface area contributed by atoms with Gasteiger partial charge >= 0.3 is 0 Å². The third-order valence-corrected chi connectivity index (χ3v) is 4.01. The van der Waals surface area contributed by atoms with E-state index in [2.05, 4.69) is 5.32 Å². The molecule has 1 aliphatic rings. The van der Waals surface area contributed by atoms with Crippen LogP contribution in [0.15, 0.2) is 42.5 Å². The first-order valence-electron chi connectivity index (χ1n) is 7.42. The Kier molecular flexibility index (Phi) is 3.86. The Morgan fingerprint density at radius 2 is 1.74 bits per heavy atom. The van der Waals surface area contributed by atoms with E-state index in [1.165, 1.54) is 18.2 Å². The Balaban J connectivity index is 1.87. The van der Waals surface area contributed by atoms with E-state index >= 15 is 0 Å². The number of hydrogen-bond acceptors (Lipinski definition) is 3. The molecule has 1 fully saturated rings. The second-order valence-electron chi connectivity index (χ2n) is 5.72. The van der Waals surface area contributed by atoms with Crippen LogP contribution in [-0.4, -0.2) is 17.9 Å². The summed E-state index contributed by atoms with van der Waals surface area (Å²) in [6.45, 7) is 3.89. The van der Waals surface area contributed by atoms with Crippen molar-refractivity contribution in [2.24, 2.45) is 0 Å². The monoisotopic (exact) mass is 312 g/mol. The molecule has 118 valence electrons. The minimum Gasteiger partial charge on any atom is -0.373 e. The Hall–Kier alpha value is -2.69. The van der Waals surface area contributed by atoms with Gasteiger partial charge in [0, 0.05) is 5.69 Å². The fraction of sp³-hybridized carbons (Fsp3) is 0.222. The maximum Gasteiger partial charge on any atom is 0.256 e. The summed E-state index contributed by atoms with van der Waals surface area (Å²) in [6, 6.07) is 10.7. The standard InChI is InChI=1S/C18H17FN2O2/c1-11-5-3-6-12(2)17(11)20-15-10-16(22)21(18(15)23)14-8-4-7-13(19)9-14/h3-9,15,20H,10H2,1-2H3/t15-/m1/s1. The number of aryl methyl sites for hydroxylation is 2. The molecule has 4 nitrogen and oxygen atoms in total. The highest BCUT2D eigenvalue weighted by molar-refractivity contribution is 6.23. The highest BCUT2D eigenvalue weighted by Crippen LogP contribution is 2.27. The highest BCUT2D eigenvalue weighted by Gasteiger charge is 2.39. The number of amides is 2. The molecule has 0 radical (unpaired) electrons. The van der Waals surface area contributed by atoms with Crippen LogP contribution in [0.25, 0.3) is 0 Å². The summed E-state index contributed by atoms with van der Waals surface area (Å²) in [5.74, 6) is -1.16. The van der Waals surface area contributed by atoms with Crippen molar-refractivity contribution in [1.82, 2.24) is 0 Å². The van der Waals surface area contributed by atoms with Gasteiger partial charge in [0.15, 0.2) is 0 Å². The fourth-order valence-corrected chi connectivity index (χ4v) is 2.85. The molecule has 2 aromatic carbocycles. The molecule has 2 aromatic rings. The number of carbonyl (C=O) groups is 2. The van der Waals surface area contributed by atoms with Crippen LogP contribution in [0.4, 0.5) is 15.8 Å². The van der Waals surface area contributed by atoms with E-state index in [1.54, 1.807) is 6.07 Å². The summed E-state index contributed by atoms with van der Waals surface area (Å²) in [5.41, 5.74) is 3.15. The van der Waals surface area contributed by atoms with Gasteiger partial charge in [-0.05, 0) is 43.2 Å². The lowest BCUT2D eigenvalue weighted by Crippen LogP contribution is -2.35. The smallest absolute Gasteiger partial charge is 0.256 e. The van der Waals surface area contributed by atoms with Crippen molar-refractivity contribution in [3.8, 4) is 0 Å². The number of carbonyl (C=O) groups excluding carboxylic acids is 2. The number of para-hydroxylation sites is 1. The summed E-state index contributed by atoms with van der Waals surface area (Å²) in [5, 5.41) is 3.17. The van der Waals surface area contributed by atoms with Crippen LogP contribution in [0.2, 0.25) is 0 Å². The summed E-state index contributed by atoms with van der Waals surface area (Å²) in [4.78, 5) is 25.8. The first-order chi connectivity index (χ1) is 11.0. The van der Waals surface area contributed by atoms with Crippen LogP contribution in [0, 0.1) is 19.7 Å². The maximum absolute atomic E-state index is 13.4. The quantitative estimate of drug-likeness (QED) is 0.886. The molecule has 1 saturated heterocycles. The molecule has 1 N–H and O–H groups in total. The fourth-order valence-electron chi connectivity index (χ4n) is 2.85. The molecule has 0 unspecified atom stereocenters. The summed E-state index contributed by atoms with van der Waals surface area (Å²) < 4.78 is 13.4. The van der Waals surface area contributed by atoms with E-state index < -0.39 is 11.9 Å². The Bertz CT molecular complexity index is 768. The van der Waals surface area contributed by atoms with Gasteiger partial charge in [0.2, 0.25) is 5.91 Å². The van der Waals surface area contributed by atoms with Crippen molar-refractivity contribution in [1.29, 1.82) is 0 Å². The Labute approximate surface area is 133 Å².